The van der Waals surface area contributed by atoms with Gasteiger partial charge in [-0.3, -0.25) is 9.78 Å². The van der Waals surface area contributed by atoms with Gasteiger partial charge in [-0.25, -0.2) is 0 Å². The summed E-state index contributed by atoms with van der Waals surface area (Å²) in [5, 5.41) is 6.75. The second kappa shape index (κ2) is 7.61. The fourth-order valence-electron chi connectivity index (χ4n) is 2.37. The number of ether oxygens (including phenoxy) is 1. The van der Waals surface area contributed by atoms with Crippen molar-refractivity contribution in [2.45, 2.75) is 27.0 Å². The maximum Gasteiger partial charge on any atom is 0.251 e. The lowest BCUT2D eigenvalue weighted by Crippen LogP contribution is -2.23. The molecular formula is C19H19N3O3. The highest BCUT2D eigenvalue weighted by Crippen LogP contribution is 2.18. The van der Waals surface area contributed by atoms with Crippen molar-refractivity contribution in [3.8, 4) is 5.75 Å². The predicted octanol–water partition coefficient (Wildman–Crippen LogP) is 3.20. The van der Waals surface area contributed by atoms with Gasteiger partial charge in [0.15, 0.2) is 0 Å². The van der Waals surface area contributed by atoms with E-state index in [9.17, 15) is 4.79 Å². The van der Waals surface area contributed by atoms with Gasteiger partial charge in [-0.05, 0) is 44.2 Å². The summed E-state index contributed by atoms with van der Waals surface area (Å²) in [5.41, 5.74) is 3.07. The zero-order valence-corrected chi connectivity index (χ0v) is 14.2. The van der Waals surface area contributed by atoms with Gasteiger partial charge in [-0.2, -0.15) is 0 Å². The van der Waals surface area contributed by atoms with Crippen molar-refractivity contribution in [1.29, 1.82) is 0 Å². The molecule has 6 heteroatoms. The molecule has 3 aromatic rings. The van der Waals surface area contributed by atoms with Crippen LogP contribution in [0, 0.1) is 13.8 Å². The van der Waals surface area contributed by atoms with E-state index in [4.69, 9.17) is 9.26 Å². The van der Waals surface area contributed by atoms with E-state index < -0.39 is 0 Å². The van der Waals surface area contributed by atoms with Crippen LogP contribution in [-0.4, -0.2) is 16.0 Å². The normalized spacial score (nSPS) is 10.5. The van der Waals surface area contributed by atoms with E-state index in [0.717, 1.165) is 22.7 Å². The average Bonchev–Trinajstić information content (AvgIpc) is 2.97. The lowest BCUT2D eigenvalue weighted by atomic mass is 10.2. The molecule has 0 saturated heterocycles. The minimum Gasteiger partial charge on any atom is -0.489 e. The van der Waals surface area contributed by atoms with E-state index in [-0.39, 0.29) is 5.91 Å². The summed E-state index contributed by atoms with van der Waals surface area (Å²) in [5.74, 6) is 1.18. The van der Waals surface area contributed by atoms with Crippen LogP contribution in [-0.2, 0) is 13.2 Å². The molecule has 3 rings (SSSR count). The Hall–Kier alpha value is -3.15. The van der Waals surface area contributed by atoms with Crippen LogP contribution < -0.4 is 10.1 Å². The van der Waals surface area contributed by atoms with Gasteiger partial charge in [0.25, 0.3) is 5.91 Å². The standard InChI is InChI=1S/C19H19N3O3/c1-13-18(14(2)25-22-13)12-24-17-8-5-6-15(10-17)19(23)21-11-16-7-3-4-9-20-16/h3-10H,11-12H2,1-2H3,(H,21,23). The summed E-state index contributed by atoms with van der Waals surface area (Å²) >= 11 is 0. The molecule has 6 nitrogen and oxygen atoms in total. The minimum atomic E-state index is -0.173. The number of amides is 1. The summed E-state index contributed by atoms with van der Waals surface area (Å²) < 4.78 is 10.9. The molecule has 0 atom stereocenters. The third kappa shape index (κ3) is 4.23. The third-order valence-corrected chi connectivity index (χ3v) is 3.82. The number of rotatable bonds is 6. The van der Waals surface area contributed by atoms with Gasteiger partial charge in [-0.15, -0.1) is 0 Å². The number of aryl methyl sites for hydroxylation is 2. The molecule has 2 heterocycles. The largest absolute Gasteiger partial charge is 0.489 e. The molecule has 0 fully saturated rings. The molecule has 0 bridgehead atoms. The molecule has 0 aliphatic carbocycles. The summed E-state index contributed by atoms with van der Waals surface area (Å²) in [4.78, 5) is 16.5. The molecule has 0 radical (unpaired) electrons. The van der Waals surface area contributed by atoms with Crippen molar-refractivity contribution in [3.63, 3.8) is 0 Å². The topological polar surface area (TPSA) is 77.2 Å². The van der Waals surface area contributed by atoms with Crippen molar-refractivity contribution in [3.05, 3.63) is 76.9 Å². The van der Waals surface area contributed by atoms with Crippen LogP contribution in [0.2, 0.25) is 0 Å². The first kappa shape index (κ1) is 16.7. The zero-order valence-electron chi connectivity index (χ0n) is 14.2. The maximum atomic E-state index is 12.3. The van der Waals surface area contributed by atoms with Gasteiger partial charge in [-0.1, -0.05) is 17.3 Å². The lowest BCUT2D eigenvalue weighted by Gasteiger charge is -2.08. The Morgan fingerprint density at radius 2 is 2.08 bits per heavy atom. The molecule has 1 amide bonds. The monoisotopic (exact) mass is 337 g/mol. The van der Waals surface area contributed by atoms with Gasteiger partial charge in [0.2, 0.25) is 0 Å². The summed E-state index contributed by atoms with van der Waals surface area (Å²) in [7, 11) is 0. The van der Waals surface area contributed by atoms with E-state index in [1.54, 1.807) is 24.4 Å². The Morgan fingerprint density at radius 1 is 1.20 bits per heavy atom. The molecular weight excluding hydrogens is 318 g/mol. The Labute approximate surface area is 145 Å². The van der Waals surface area contributed by atoms with E-state index in [2.05, 4.69) is 15.5 Å². The Kier molecular flexibility index (Phi) is 5.09. The fourth-order valence-corrected chi connectivity index (χ4v) is 2.37. The first-order valence-corrected chi connectivity index (χ1v) is 7.96. The van der Waals surface area contributed by atoms with Gasteiger partial charge < -0.3 is 14.6 Å². The zero-order chi connectivity index (χ0) is 17.6. The molecule has 0 spiro atoms. The molecule has 0 aliphatic rings. The summed E-state index contributed by atoms with van der Waals surface area (Å²) in [6, 6.07) is 12.7. The highest BCUT2D eigenvalue weighted by Gasteiger charge is 2.11. The lowest BCUT2D eigenvalue weighted by molar-refractivity contribution is 0.0950. The smallest absolute Gasteiger partial charge is 0.251 e. The van der Waals surface area contributed by atoms with E-state index in [0.29, 0.717) is 24.5 Å². The highest BCUT2D eigenvalue weighted by atomic mass is 16.5. The van der Waals surface area contributed by atoms with Gasteiger partial charge in [0, 0.05) is 11.8 Å². The first-order chi connectivity index (χ1) is 12.1. The minimum absolute atomic E-state index is 0.173. The van der Waals surface area contributed by atoms with Gasteiger partial charge in [0.05, 0.1) is 23.5 Å². The molecule has 2 aromatic heterocycles. The van der Waals surface area contributed by atoms with Crippen LogP contribution in [0.5, 0.6) is 5.75 Å². The number of carbonyl (C=O) groups excluding carboxylic acids is 1. The average molecular weight is 337 g/mol. The van der Waals surface area contributed by atoms with Crippen molar-refractivity contribution >= 4 is 5.91 Å². The second-order valence-corrected chi connectivity index (χ2v) is 5.62. The molecule has 128 valence electrons. The molecule has 25 heavy (non-hydrogen) atoms. The van der Waals surface area contributed by atoms with Crippen LogP contribution in [0.1, 0.15) is 33.1 Å². The van der Waals surface area contributed by atoms with Crippen LogP contribution in [0.25, 0.3) is 0 Å². The number of hydrogen-bond donors (Lipinski definition) is 1. The van der Waals surface area contributed by atoms with Crippen molar-refractivity contribution < 1.29 is 14.1 Å². The number of pyridine rings is 1. The van der Waals surface area contributed by atoms with Crippen LogP contribution in [0.3, 0.4) is 0 Å². The Morgan fingerprint density at radius 3 is 2.80 bits per heavy atom. The van der Waals surface area contributed by atoms with E-state index in [1.165, 1.54) is 0 Å². The van der Waals surface area contributed by atoms with Crippen LogP contribution >= 0.6 is 0 Å². The summed E-state index contributed by atoms with van der Waals surface area (Å²) in [6.45, 7) is 4.45. The van der Waals surface area contributed by atoms with Gasteiger partial charge in [0.1, 0.15) is 18.1 Å². The van der Waals surface area contributed by atoms with Crippen molar-refractivity contribution in [1.82, 2.24) is 15.5 Å². The third-order valence-electron chi connectivity index (χ3n) is 3.82. The molecule has 1 aromatic carbocycles. The molecule has 0 saturated carbocycles. The number of hydrogen-bond acceptors (Lipinski definition) is 5. The van der Waals surface area contributed by atoms with E-state index >= 15 is 0 Å². The van der Waals surface area contributed by atoms with E-state index in [1.807, 2.05) is 38.1 Å². The Bertz CT molecular complexity index is 840. The molecule has 1 N–H and O–H groups in total. The number of carbonyl (C=O) groups is 1. The number of nitrogens with zero attached hydrogens (tertiary/aromatic N) is 2. The second-order valence-electron chi connectivity index (χ2n) is 5.62. The molecule has 0 aliphatic heterocycles. The Balaban J connectivity index is 1.61. The van der Waals surface area contributed by atoms with Crippen LogP contribution in [0.4, 0.5) is 0 Å². The van der Waals surface area contributed by atoms with Gasteiger partial charge >= 0.3 is 0 Å². The summed E-state index contributed by atoms with van der Waals surface area (Å²) in [6.07, 6.45) is 1.70. The maximum absolute atomic E-state index is 12.3. The SMILES string of the molecule is Cc1noc(C)c1COc1cccc(C(=O)NCc2ccccn2)c1. The quantitative estimate of drug-likeness (QED) is 0.747. The number of aromatic nitrogens is 2. The number of nitrogens with one attached hydrogen (secondary N) is 1. The van der Waals surface area contributed by atoms with Crippen LogP contribution in [0.15, 0.2) is 53.2 Å². The first-order valence-electron chi connectivity index (χ1n) is 7.96. The molecule has 0 unspecified atom stereocenters. The van der Waals surface area contributed by atoms with Crippen molar-refractivity contribution in [2.75, 3.05) is 0 Å². The fraction of sp³-hybridized carbons (Fsp3) is 0.211. The predicted molar refractivity (Wildman–Crippen MR) is 92.2 cm³/mol. The highest BCUT2D eigenvalue weighted by molar-refractivity contribution is 5.94. The van der Waals surface area contributed by atoms with Crippen molar-refractivity contribution in [2.24, 2.45) is 0 Å². The number of benzene rings is 1.